The molecular formula is C13H12N2O3. The van der Waals surface area contributed by atoms with E-state index in [1.807, 2.05) is 6.92 Å². The van der Waals surface area contributed by atoms with Crippen LogP contribution < -0.4 is 4.74 Å². The summed E-state index contributed by atoms with van der Waals surface area (Å²) in [6, 6.07) is 6.23. The molecule has 0 fully saturated rings. The third kappa shape index (κ3) is 3.04. The number of carboxylic acid groups (broad SMARTS) is 1. The maximum atomic E-state index is 10.7. The Morgan fingerprint density at radius 1 is 1.22 bits per heavy atom. The van der Waals surface area contributed by atoms with Crippen molar-refractivity contribution in [2.75, 3.05) is 0 Å². The van der Waals surface area contributed by atoms with Crippen LogP contribution in [-0.2, 0) is 6.61 Å². The van der Waals surface area contributed by atoms with Gasteiger partial charge in [-0.1, -0.05) is 0 Å². The summed E-state index contributed by atoms with van der Waals surface area (Å²) in [5, 5.41) is 8.75. The largest absolute Gasteiger partial charge is 0.487 e. The number of aromatic nitrogens is 2. The third-order valence-corrected chi connectivity index (χ3v) is 2.32. The van der Waals surface area contributed by atoms with Crippen molar-refractivity contribution in [2.24, 2.45) is 0 Å². The highest BCUT2D eigenvalue weighted by atomic mass is 16.5. The minimum Gasteiger partial charge on any atom is -0.487 e. The molecule has 0 amide bonds. The first-order chi connectivity index (χ1) is 8.65. The van der Waals surface area contributed by atoms with Crippen molar-refractivity contribution >= 4 is 5.97 Å². The Labute approximate surface area is 104 Å². The molecular weight excluding hydrogens is 232 g/mol. The van der Waals surface area contributed by atoms with Crippen molar-refractivity contribution in [1.82, 2.24) is 9.97 Å². The van der Waals surface area contributed by atoms with Crippen molar-refractivity contribution in [1.29, 1.82) is 0 Å². The Morgan fingerprint density at radius 2 is 1.94 bits per heavy atom. The highest BCUT2D eigenvalue weighted by Gasteiger charge is 2.02. The van der Waals surface area contributed by atoms with Gasteiger partial charge in [-0.05, 0) is 31.2 Å². The molecule has 18 heavy (non-hydrogen) atoms. The van der Waals surface area contributed by atoms with Gasteiger partial charge in [0.1, 0.15) is 12.4 Å². The summed E-state index contributed by atoms with van der Waals surface area (Å²) >= 11 is 0. The van der Waals surface area contributed by atoms with Crippen molar-refractivity contribution in [2.45, 2.75) is 13.5 Å². The van der Waals surface area contributed by atoms with Gasteiger partial charge in [0.15, 0.2) is 0 Å². The molecule has 5 nitrogen and oxygen atoms in total. The first-order valence-electron chi connectivity index (χ1n) is 5.39. The summed E-state index contributed by atoms with van der Waals surface area (Å²) in [6.45, 7) is 2.17. The molecule has 0 radical (unpaired) electrons. The minimum atomic E-state index is -0.953. The van der Waals surface area contributed by atoms with Crippen LogP contribution in [0.25, 0.3) is 0 Å². The van der Waals surface area contributed by atoms with E-state index in [2.05, 4.69) is 9.97 Å². The maximum Gasteiger partial charge on any atom is 0.335 e. The fourth-order valence-electron chi connectivity index (χ4n) is 1.34. The molecule has 2 aromatic rings. The Hall–Kier alpha value is -2.43. The van der Waals surface area contributed by atoms with E-state index in [1.54, 1.807) is 24.5 Å². The zero-order valence-electron chi connectivity index (χ0n) is 9.83. The number of hydrogen-bond acceptors (Lipinski definition) is 4. The summed E-state index contributed by atoms with van der Waals surface area (Å²) in [6.07, 6.45) is 3.33. The van der Waals surface area contributed by atoms with Crippen LogP contribution in [0.1, 0.15) is 21.7 Å². The number of nitrogens with zero attached hydrogens (tertiary/aromatic N) is 2. The molecule has 0 atom stereocenters. The maximum absolute atomic E-state index is 10.7. The van der Waals surface area contributed by atoms with E-state index in [1.165, 1.54) is 12.1 Å². The Kier molecular flexibility index (Phi) is 3.52. The number of ether oxygens (including phenoxy) is 1. The van der Waals surface area contributed by atoms with E-state index >= 15 is 0 Å². The summed E-state index contributed by atoms with van der Waals surface area (Å²) in [4.78, 5) is 18.9. The summed E-state index contributed by atoms with van der Waals surface area (Å²) in [5.74, 6) is -0.353. The van der Waals surface area contributed by atoms with Gasteiger partial charge in [-0.3, -0.25) is 9.97 Å². The lowest BCUT2D eigenvalue weighted by atomic mass is 10.2. The van der Waals surface area contributed by atoms with Crippen LogP contribution in [0, 0.1) is 6.92 Å². The molecule has 1 aromatic heterocycles. The van der Waals surface area contributed by atoms with E-state index in [9.17, 15) is 4.79 Å². The Morgan fingerprint density at radius 3 is 2.50 bits per heavy atom. The zero-order valence-corrected chi connectivity index (χ0v) is 9.83. The summed E-state index contributed by atoms with van der Waals surface area (Å²) < 4.78 is 5.47. The lowest BCUT2D eigenvalue weighted by Crippen LogP contribution is -2.00. The van der Waals surface area contributed by atoms with E-state index in [-0.39, 0.29) is 5.56 Å². The number of aryl methyl sites for hydroxylation is 1. The number of aromatic carboxylic acids is 1. The lowest BCUT2D eigenvalue weighted by Gasteiger charge is -2.05. The highest BCUT2D eigenvalue weighted by Crippen LogP contribution is 2.13. The van der Waals surface area contributed by atoms with Crippen molar-refractivity contribution < 1.29 is 14.6 Å². The number of benzene rings is 1. The monoisotopic (exact) mass is 244 g/mol. The lowest BCUT2D eigenvalue weighted by molar-refractivity contribution is 0.0697. The average molecular weight is 244 g/mol. The summed E-state index contributed by atoms with van der Waals surface area (Å²) in [5.41, 5.74) is 1.81. The molecule has 0 aliphatic rings. The van der Waals surface area contributed by atoms with Crippen LogP contribution in [0.4, 0.5) is 0 Å². The second-order valence-electron chi connectivity index (χ2n) is 3.77. The van der Waals surface area contributed by atoms with Crippen molar-refractivity contribution in [3.8, 4) is 5.75 Å². The van der Waals surface area contributed by atoms with Crippen LogP contribution >= 0.6 is 0 Å². The second-order valence-corrected chi connectivity index (χ2v) is 3.77. The first kappa shape index (κ1) is 12.0. The SMILES string of the molecule is Cc1cnc(COc2ccc(C(=O)O)cc2)cn1. The van der Waals surface area contributed by atoms with Crippen LogP contribution in [0.15, 0.2) is 36.7 Å². The average Bonchev–Trinajstić information content (AvgIpc) is 2.38. The number of rotatable bonds is 4. The Bertz CT molecular complexity index is 535. The van der Waals surface area contributed by atoms with Crippen LogP contribution in [0.5, 0.6) is 5.75 Å². The predicted octanol–water partition coefficient (Wildman–Crippen LogP) is 2.06. The van der Waals surface area contributed by atoms with Crippen molar-refractivity contribution in [3.05, 3.63) is 53.6 Å². The molecule has 0 saturated heterocycles. The van der Waals surface area contributed by atoms with Gasteiger partial charge in [-0.25, -0.2) is 4.79 Å². The normalized spacial score (nSPS) is 10.1. The smallest absolute Gasteiger partial charge is 0.335 e. The molecule has 1 aromatic carbocycles. The van der Waals surface area contributed by atoms with Gasteiger partial charge in [-0.2, -0.15) is 0 Å². The fraction of sp³-hybridized carbons (Fsp3) is 0.154. The van der Waals surface area contributed by atoms with E-state index < -0.39 is 5.97 Å². The molecule has 0 spiro atoms. The zero-order chi connectivity index (χ0) is 13.0. The van der Waals surface area contributed by atoms with Crippen LogP contribution in [-0.4, -0.2) is 21.0 Å². The van der Waals surface area contributed by atoms with Gasteiger partial charge in [-0.15, -0.1) is 0 Å². The standard InChI is InChI=1S/C13H12N2O3/c1-9-6-15-11(7-14-9)8-18-12-4-2-10(3-5-12)13(16)17/h2-7H,8H2,1H3,(H,16,17). The van der Waals surface area contributed by atoms with Gasteiger partial charge in [0.2, 0.25) is 0 Å². The molecule has 1 heterocycles. The molecule has 1 N–H and O–H groups in total. The molecule has 0 bridgehead atoms. The molecule has 92 valence electrons. The van der Waals surface area contributed by atoms with E-state index in [0.29, 0.717) is 12.4 Å². The third-order valence-electron chi connectivity index (χ3n) is 2.32. The first-order valence-corrected chi connectivity index (χ1v) is 5.39. The number of hydrogen-bond donors (Lipinski definition) is 1. The predicted molar refractivity (Wildman–Crippen MR) is 64.5 cm³/mol. The minimum absolute atomic E-state index is 0.234. The van der Waals surface area contributed by atoms with E-state index in [4.69, 9.17) is 9.84 Å². The van der Waals surface area contributed by atoms with Gasteiger partial charge < -0.3 is 9.84 Å². The quantitative estimate of drug-likeness (QED) is 0.891. The van der Waals surface area contributed by atoms with Gasteiger partial charge in [0.25, 0.3) is 0 Å². The summed E-state index contributed by atoms with van der Waals surface area (Å²) in [7, 11) is 0. The molecule has 5 heteroatoms. The van der Waals surface area contributed by atoms with Gasteiger partial charge in [0.05, 0.1) is 23.1 Å². The number of carbonyl (C=O) groups is 1. The van der Waals surface area contributed by atoms with Gasteiger partial charge >= 0.3 is 5.97 Å². The van der Waals surface area contributed by atoms with Crippen LogP contribution in [0.2, 0.25) is 0 Å². The molecule has 0 aliphatic heterocycles. The molecule has 2 rings (SSSR count). The highest BCUT2D eigenvalue weighted by molar-refractivity contribution is 5.87. The van der Waals surface area contributed by atoms with Crippen molar-refractivity contribution in [3.63, 3.8) is 0 Å². The van der Waals surface area contributed by atoms with Crippen LogP contribution in [0.3, 0.4) is 0 Å². The van der Waals surface area contributed by atoms with E-state index in [0.717, 1.165) is 11.4 Å². The molecule has 0 unspecified atom stereocenters. The van der Waals surface area contributed by atoms with Gasteiger partial charge in [0, 0.05) is 6.20 Å². The molecule has 0 saturated carbocycles. The molecule has 0 aliphatic carbocycles. The fourth-order valence-corrected chi connectivity index (χ4v) is 1.34. The second kappa shape index (κ2) is 5.27. The topological polar surface area (TPSA) is 72.3 Å². The number of carboxylic acids is 1. The Balaban J connectivity index is 1.97.